The topological polar surface area (TPSA) is 41.1 Å². The smallest absolute Gasteiger partial charge is 0.315 e. The molecule has 0 saturated heterocycles. The summed E-state index contributed by atoms with van der Waals surface area (Å²) in [5.74, 6) is 0.691. The van der Waals surface area contributed by atoms with E-state index < -0.39 is 0 Å². The molecule has 2 amide bonds. The molecule has 1 aromatic rings. The molecule has 0 aliphatic carbocycles. The first-order chi connectivity index (χ1) is 8.58. The summed E-state index contributed by atoms with van der Waals surface area (Å²) in [5, 5.41) is 10.0. The monoisotopic (exact) mass is 268 g/mol. The highest BCUT2D eigenvalue weighted by Gasteiger charge is 2.07. The van der Waals surface area contributed by atoms with E-state index in [1.165, 1.54) is 5.56 Å². The summed E-state index contributed by atoms with van der Waals surface area (Å²) < 4.78 is 0. The van der Waals surface area contributed by atoms with Gasteiger partial charge in [-0.05, 0) is 54.5 Å². The molecule has 0 aliphatic rings. The fourth-order valence-electron chi connectivity index (χ4n) is 1.69. The predicted molar refractivity (Wildman–Crippen MR) is 78.1 cm³/mol. The second-order valence-corrected chi connectivity index (χ2v) is 5.93. The molecule has 0 saturated carbocycles. The van der Waals surface area contributed by atoms with Gasteiger partial charge in [-0.2, -0.15) is 11.3 Å². The molecule has 0 fully saturated rings. The summed E-state index contributed by atoms with van der Waals surface area (Å²) >= 11 is 1.69. The number of nitrogens with one attached hydrogen (secondary N) is 2. The molecule has 4 heteroatoms. The third-order valence-corrected chi connectivity index (χ3v) is 3.57. The van der Waals surface area contributed by atoms with Crippen LogP contribution in [0.4, 0.5) is 4.79 Å². The predicted octanol–water partition coefficient (Wildman–Crippen LogP) is 3.41. The molecular formula is C14H24N2OS. The molecule has 1 heterocycles. The minimum absolute atomic E-state index is 0.0542. The summed E-state index contributed by atoms with van der Waals surface area (Å²) in [6.07, 6.45) is 3.09. The molecule has 0 aliphatic heterocycles. The Morgan fingerprint density at radius 2 is 2.11 bits per heavy atom. The first kappa shape index (κ1) is 15.0. The Kier molecular flexibility index (Phi) is 6.80. The van der Waals surface area contributed by atoms with Gasteiger partial charge in [-0.25, -0.2) is 4.79 Å². The standard InChI is InChI=1S/C14H24N2OS/c1-11(2)4-5-12(3)16-14(17)15-8-6-13-7-9-18-10-13/h7,9-12H,4-6,8H2,1-3H3,(H2,15,16,17). The van der Waals surface area contributed by atoms with Crippen molar-refractivity contribution in [1.82, 2.24) is 10.6 Å². The fourth-order valence-corrected chi connectivity index (χ4v) is 2.39. The molecule has 0 spiro atoms. The lowest BCUT2D eigenvalue weighted by Gasteiger charge is -2.15. The van der Waals surface area contributed by atoms with Crippen molar-refractivity contribution in [3.8, 4) is 0 Å². The van der Waals surface area contributed by atoms with E-state index in [4.69, 9.17) is 0 Å². The minimum Gasteiger partial charge on any atom is -0.338 e. The number of carbonyl (C=O) groups is 1. The minimum atomic E-state index is -0.0542. The van der Waals surface area contributed by atoms with Gasteiger partial charge in [-0.15, -0.1) is 0 Å². The van der Waals surface area contributed by atoms with E-state index in [0.29, 0.717) is 12.5 Å². The Hall–Kier alpha value is -1.03. The molecule has 3 nitrogen and oxygen atoms in total. The molecule has 0 bridgehead atoms. The van der Waals surface area contributed by atoms with Gasteiger partial charge in [0.15, 0.2) is 0 Å². The SMILES string of the molecule is CC(C)CCC(C)NC(=O)NCCc1ccsc1. The van der Waals surface area contributed by atoms with Crippen LogP contribution in [0, 0.1) is 5.92 Å². The number of amides is 2. The maximum atomic E-state index is 11.6. The van der Waals surface area contributed by atoms with Gasteiger partial charge >= 0.3 is 6.03 Å². The highest BCUT2D eigenvalue weighted by molar-refractivity contribution is 7.07. The van der Waals surface area contributed by atoms with Crippen molar-refractivity contribution in [3.63, 3.8) is 0 Å². The lowest BCUT2D eigenvalue weighted by Crippen LogP contribution is -2.41. The third-order valence-electron chi connectivity index (χ3n) is 2.83. The molecule has 1 atom stereocenters. The quantitative estimate of drug-likeness (QED) is 0.781. The van der Waals surface area contributed by atoms with Crippen LogP contribution in [0.15, 0.2) is 16.8 Å². The van der Waals surface area contributed by atoms with Crippen molar-refractivity contribution in [3.05, 3.63) is 22.4 Å². The summed E-state index contributed by atoms with van der Waals surface area (Å²) in [6.45, 7) is 7.15. The van der Waals surface area contributed by atoms with Crippen LogP contribution in [-0.2, 0) is 6.42 Å². The molecule has 0 radical (unpaired) electrons. The van der Waals surface area contributed by atoms with E-state index in [9.17, 15) is 4.79 Å². The Morgan fingerprint density at radius 3 is 2.72 bits per heavy atom. The van der Waals surface area contributed by atoms with Gasteiger partial charge in [-0.1, -0.05) is 13.8 Å². The molecular weight excluding hydrogens is 244 g/mol. The van der Waals surface area contributed by atoms with Crippen molar-refractivity contribution in [2.45, 2.75) is 46.1 Å². The fraction of sp³-hybridized carbons (Fsp3) is 0.643. The lowest BCUT2D eigenvalue weighted by molar-refractivity contribution is 0.236. The van der Waals surface area contributed by atoms with E-state index in [1.54, 1.807) is 11.3 Å². The maximum Gasteiger partial charge on any atom is 0.315 e. The van der Waals surface area contributed by atoms with Gasteiger partial charge in [-0.3, -0.25) is 0 Å². The highest BCUT2D eigenvalue weighted by atomic mass is 32.1. The maximum absolute atomic E-state index is 11.6. The van der Waals surface area contributed by atoms with Crippen molar-refractivity contribution in [1.29, 1.82) is 0 Å². The molecule has 2 N–H and O–H groups in total. The van der Waals surface area contributed by atoms with Crippen molar-refractivity contribution in [2.24, 2.45) is 5.92 Å². The van der Waals surface area contributed by atoms with Gasteiger partial charge in [0.1, 0.15) is 0 Å². The van der Waals surface area contributed by atoms with Crippen molar-refractivity contribution < 1.29 is 4.79 Å². The van der Waals surface area contributed by atoms with E-state index in [0.717, 1.165) is 19.3 Å². The van der Waals surface area contributed by atoms with E-state index in [1.807, 2.05) is 0 Å². The number of hydrogen-bond acceptors (Lipinski definition) is 2. The largest absolute Gasteiger partial charge is 0.338 e. The Labute approximate surface area is 114 Å². The molecule has 1 unspecified atom stereocenters. The zero-order chi connectivity index (χ0) is 13.4. The van der Waals surface area contributed by atoms with Crippen LogP contribution in [0.25, 0.3) is 0 Å². The number of thiophene rings is 1. The van der Waals surface area contributed by atoms with Crippen LogP contribution in [0.2, 0.25) is 0 Å². The zero-order valence-electron chi connectivity index (χ0n) is 11.5. The summed E-state index contributed by atoms with van der Waals surface area (Å²) in [6, 6.07) is 2.28. The van der Waals surface area contributed by atoms with Crippen LogP contribution in [-0.4, -0.2) is 18.6 Å². The first-order valence-electron chi connectivity index (χ1n) is 6.63. The van der Waals surface area contributed by atoms with Crippen molar-refractivity contribution >= 4 is 17.4 Å². The number of hydrogen-bond donors (Lipinski definition) is 2. The second kappa shape index (κ2) is 8.14. The normalized spacial score (nSPS) is 12.4. The van der Waals surface area contributed by atoms with Crippen LogP contribution in [0.3, 0.4) is 0 Å². The third kappa shape index (κ3) is 6.64. The van der Waals surface area contributed by atoms with Gasteiger partial charge < -0.3 is 10.6 Å². The lowest BCUT2D eigenvalue weighted by atomic mass is 10.0. The van der Waals surface area contributed by atoms with Gasteiger partial charge in [0.2, 0.25) is 0 Å². The number of urea groups is 1. The van der Waals surface area contributed by atoms with Crippen molar-refractivity contribution in [2.75, 3.05) is 6.54 Å². The van der Waals surface area contributed by atoms with Crippen LogP contribution in [0.5, 0.6) is 0 Å². The zero-order valence-corrected chi connectivity index (χ0v) is 12.3. The molecule has 1 rings (SSSR count). The van der Waals surface area contributed by atoms with E-state index in [2.05, 4.69) is 48.2 Å². The van der Waals surface area contributed by atoms with Crippen LogP contribution < -0.4 is 10.6 Å². The second-order valence-electron chi connectivity index (χ2n) is 5.15. The van der Waals surface area contributed by atoms with Crippen LogP contribution in [0.1, 0.15) is 39.2 Å². The Morgan fingerprint density at radius 1 is 1.33 bits per heavy atom. The number of carbonyl (C=O) groups excluding carboxylic acids is 1. The number of rotatable bonds is 7. The van der Waals surface area contributed by atoms with Gasteiger partial charge in [0.25, 0.3) is 0 Å². The average molecular weight is 268 g/mol. The highest BCUT2D eigenvalue weighted by Crippen LogP contribution is 2.07. The molecule has 18 heavy (non-hydrogen) atoms. The molecule has 102 valence electrons. The Bertz CT molecular complexity index is 336. The molecule has 1 aromatic heterocycles. The molecule has 0 aromatic carbocycles. The van der Waals surface area contributed by atoms with E-state index in [-0.39, 0.29) is 12.1 Å². The van der Waals surface area contributed by atoms with Crippen LogP contribution >= 0.6 is 11.3 Å². The van der Waals surface area contributed by atoms with Gasteiger partial charge in [0.05, 0.1) is 0 Å². The summed E-state index contributed by atoms with van der Waals surface area (Å²) in [7, 11) is 0. The first-order valence-corrected chi connectivity index (χ1v) is 7.57. The summed E-state index contributed by atoms with van der Waals surface area (Å²) in [4.78, 5) is 11.6. The Balaban J connectivity index is 2.09. The average Bonchev–Trinajstić information content (AvgIpc) is 2.79. The summed E-state index contributed by atoms with van der Waals surface area (Å²) in [5.41, 5.74) is 1.29. The van der Waals surface area contributed by atoms with E-state index >= 15 is 0 Å². The van der Waals surface area contributed by atoms with Gasteiger partial charge in [0, 0.05) is 12.6 Å².